The van der Waals surface area contributed by atoms with Crippen molar-refractivity contribution in [3.05, 3.63) is 59.5 Å². The van der Waals surface area contributed by atoms with E-state index < -0.39 is 0 Å². The van der Waals surface area contributed by atoms with Crippen LogP contribution in [0.15, 0.2) is 42.6 Å². The number of carbonyl (C=O) groups is 1. The number of hydrogen-bond donors (Lipinski definition) is 1. The molecule has 1 atom stereocenters. The summed E-state index contributed by atoms with van der Waals surface area (Å²) in [7, 11) is 0. The smallest absolute Gasteiger partial charge is 0.255 e. The van der Waals surface area contributed by atoms with E-state index in [4.69, 9.17) is 5.73 Å². The number of nitrogen functional groups attached to an aromatic ring is 1. The molecule has 1 amide bonds. The molecular weight excluding hydrogens is 293 g/mol. The van der Waals surface area contributed by atoms with Crippen LogP contribution in [0.5, 0.6) is 0 Å². The van der Waals surface area contributed by atoms with Crippen LogP contribution < -0.4 is 5.73 Å². The Labute approximate surface area is 135 Å². The van der Waals surface area contributed by atoms with E-state index >= 15 is 0 Å². The van der Waals surface area contributed by atoms with Crippen molar-refractivity contribution in [2.45, 2.75) is 31.7 Å². The van der Waals surface area contributed by atoms with Gasteiger partial charge in [-0.3, -0.25) is 4.79 Å². The molecule has 1 unspecified atom stereocenters. The van der Waals surface area contributed by atoms with Gasteiger partial charge in [0.15, 0.2) is 0 Å². The van der Waals surface area contributed by atoms with Crippen LogP contribution in [0.3, 0.4) is 0 Å². The van der Waals surface area contributed by atoms with Gasteiger partial charge in [-0.25, -0.2) is 9.37 Å². The molecule has 1 aliphatic rings. The van der Waals surface area contributed by atoms with Crippen LogP contribution in [-0.4, -0.2) is 22.3 Å². The summed E-state index contributed by atoms with van der Waals surface area (Å²) in [6.45, 7) is 0.671. The molecule has 1 saturated heterocycles. The van der Waals surface area contributed by atoms with E-state index in [0.29, 0.717) is 17.9 Å². The predicted octanol–water partition coefficient (Wildman–Crippen LogP) is 3.56. The fourth-order valence-corrected chi connectivity index (χ4v) is 3.11. The van der Waals surface area contributed by atoms with Crippen LogP contribution in [0, 0.1) is 5.82 Å². The minimum atomic E-state index is -0.270. The summed E-state index contributed by atoms with van der Waals surface area (Å²) in [5.74, 6) is 0.0426. The molecule has 3 rings (SSSR count). The number of rotatable bonds is 2. The normalized spacial score (nSPS) is 18.5. The highest BCUT2D eigenvalue weighted by atomic mass is 19.1. The number of pyridine rings is 1. The number of amides is 1. The van der Waals surface area contributed by atoms with E-state index in [9.17, 15) is 9.18 Å². The van der Waals surface area contributed by atoms with Crippen molar-refractivity contribution in [3.63, 3.8) is 0 Å². The Balaban J connectivity index is 1.92. The van der Waals surface area contributed by atoms with Gasteiger partial charge >= 0.3 is 0 Å². The Bertz CT molecular complexity index is 687. The zero-order valence-corrected chi connectivity index (χ0v) is 12.9. The van der Waals surface area contributed by atoms with Crippen LogP contribution in [-0.2, 0) is 0 Å². The first kappa shape index (κ1) is 15.5. The van der Waals surface area contributed by atoms with E-state index in [2.05, 4.69) is 4.98 Å². The van der Waals surface area contributed by atoms with Gasteiger partial charge in [-0.05, 0) is 42.7 Å². The van der Waals surface area contributed by atoms with Crippen molar-refractivity contribution in [1.82, 2.24) is 9.88 Å². The summed E-state index contributed by atoms with van der Waals surface area (Å²) < 4.78 is 13.6. The van der Waals surface area contributed by atoms with Crippen molar-refractivity contribution < 1.29 is 9.18 Å². The lowest BCUT2D eigenvalue weighted by Crippen LogP contribution is -2.35. The lowest BCUT2D eigenvalue weighted by Gasteiger charge is -2.30. The van der Waals surface area contributed by atoms with Gasteiger partial charge in [0.25, 0.3) is 5.91 Å². The molecule has 2 aromatic rings. The number of nitrogens with two attached hydrogens (primary N) is 1. The molecule has 2 N–H and O–H groups in total. The summed E-state index contributed by atoms with van der Waals surface area (Å²) in [6, 6.07) is 9.76. The maximum Gasteiger partial charge on any atom is 0.255 e. The van der Waals surface area contributed by atoms with E-state index in [1.54, 1.807) is 18.2 Å². The van der Waals surface area contributed by atoms with E-state index in [-0.39, 0.29) is 17.8 Å². The molecule has 2 heterocycles. The maximum absolute atomic E-state index is 13.6. The molecule has 0 aliphatic carbocycles. The van der Waals surface area contributed by atoms with Gasteiger partial charge < -0.3 is 10.6 Å². The highest BCUT2D eigenvalue weighted by Crippen LogP contribution is 2.31. The van der Waals surface area contributed by atoms with Crippen molar-refractivity contribution in [1.29, 1.82) is 0 Å². The van der Waals surface area contributed by atoms with Crippen molar-refractivity contribution >= 4 is 11.7 Å². The van der Waals surface area contributed by atoms with Crippen LogP contribution in [0.4, 0.5) is 10.2 Å². The summed E-state index contributed by atoms with van der Waals surface area (Å²) in [5.41, 5.74) is 6.95. The molecule has 1 fully saturated rings. The Morgan fingerprint density at radius 2 is 2.09 bits per heavy atom. The Hall–Kier alpha value is -2.43. The number of benzene rings is 1. The second-order valence-corrected chi connectivity index (χ2v) is 5.89. The molecule has 0 radical (unpaired) electrons. The molecule has 5 heteroatoms. The van der Waals surface area contributed by atoms with Crippen molar-refractivity contribution in [2.75, 3.05) is 12.3 Å². The predicted molar refractivity (Wildman–Crippen MR) is 87.3 cm³/mol. The summed E-state index contributed by atoms with van der Waals surface area (Å²) >= 11 is 0. The molecule has 4 nitrogen and oxygen atoms in total. The summed E-state index contributed by atoms with van der Waals surface area (Å²) in [4.78, 5) is 18.7. The number of aromatic nitrogens is 1. The number of halogens is 1. The summed E-state index contributed by atoms with van der Waals surface area (Å²) in [5, 5.41) is 0. The second-order valence-electron chi connectivity index (χ2n) is 5.89. The van der Waals surface area contributed by atoms with Gasteiger partial charge in [0.2, 0.25) is 0 Å². The Morgan fingerprint density at radius 3 is 2.83 bits per heavy atom. The fourth-order valence-electron chi connectivity index (χ4n) is 3.11. The Kier molecular flexibility index (Phi) is 4.55. The van der Waals surface area contributed by atoms with Gasteiger partial charge in [0, 0.05) is 12.7 Å². The van der Waals surface area contributed by atoms with E-state index in [0.717, 1.165) is 31.2 Å². The third-order valence-electron chi connectivity index (χ3n) is 4.28. The zero-order valence-electron chi connectivity index (χ0n) is 12.9. The molecule has 1 aromatic heterocycles. The minimum Gasteiger partial charge on any atom is -0.384 e. The first-order valence-electron chi connectivity index (χ1n) is 7.93. The first-order chi connectivity index (χ1) is 11.1. The highest BCUT2D eigenvalue weighted by molar-refractivity contribution is 5.94. The third-order valence-corrected chi connectivity index (χ3v) is 4.28. The molecule has 0 spiro atoms. The average Bonchev–Trinajstić information content (AvgIpc) is 2.81. The first-order valence-corrected chi connectivity index (χ1v) is 7.93. The lowest BCUT2D eigenvalue weighted by molar-refractivity contribution is 0.0680. The van der Waals surface area contributed by atoms with Crippen LogP contribution in [0.1, 0.15) is 47.6 Å². The minimum absolute atomic E-state index is 0.0753. The van der Waals surface area contributed by atoms with Crippen LogP contribution in [0.2, 0.25) is 0 Å². The Morgan fingerprint density at radius 1 is 1.22 bits per heavy atom. The number of hydrogen-bond acceptors (Lipinski definition) is 3. The molecule has 23 heavy (non-hydrogen) atoms. The molecule has 1 aromatic carbocycles. The van der Waals surface area contributed by atoms with Gasteiger partial charge in [0.05, 0.1) is 11.6 Å². The SMILES string of the molecule is Nc1ccc(C(=O)N2CCCCCC2c2cccc(F)c2)cn1. The fraction of sp³-hybridized carbons (Fsp3) is 0.333. The van der Waals surface area contributed by atoms with Gasteiger partial charge in [-0.1, -0.05) is 25.0 Å². The van der Waals surface area contributed by atoms with Crippen molar-refractivity contribution in [3.8, 4) is 0 Å². The van der Waals surface area contributed by atoms with E-state index in [1.807, 2.05) is 11.0 Å². The standard InChI is InChI=1S/C18H20FN3O/c19-15-6-4-5-13(11-15)16-7-2-1-3-10-22(16)18(23)14-8-9-17(20)21-12-14/h4-6,8-9,11-12,16H,1-3,7,10H2,(H2,20,21). The molecular formula is C18H20FN3O. The monoisotopic (exact) mass is 313 g/mol. The second kappa shape index (κ2) is 6.77. The van der Waals surface area contributed by atoms with Crippen LogP contribution >= 0.6 is 0 Å². The highest BCUT2D eigenvalue weighted by Gasteiger charge is 2.27. The number of anilines is 1. The maximum atomic E-state index is 13.6. The lowest BCUT2D eigenvalue weighted by atomic mass is 10.00. The molecule has 0 bridgehead atoms. The van der Waals surface area contributed by atoms with Crippen molar-refractivity contribution in [2.24, 2.45) is 0 Å². The quantitative estimate of drug-likeness (QED) is 0.922. The zero-order chi connectivity index (χ0) is 16.2. The number of nitrogens with zero attached hydrogens (tertiary/aromatic N) is 2. The van der Waals surface area contributed by atoms with Gasteiger partial charge in [0.1, 0.15) is 11.6 Å². The van der Waals surface area contributed by atoms with Gasteiger partial charge in [-0.15, -0.1) is 0 Å². The molecule has 0 saturated carbocycles. The third kappa shape index (κ3) is 3.50. The van der Waals surface area contributed by atoms with Gasteiger partial charge in [-0.2, -0.15) is 0 Å². The molecule has 120 valence electrons. The number of likely N-dealkylation sites (tertiary alicyclic amines) is 1. The topological polar surface area (TPSA) is 59.2 Å². The molecule has 1 aliphatic heterocycles. The number of carbonyl (C=O) groups excluding carboxylic acids is 1. The van der Waals surface area contributed by atoms with Crippen LogP contribution in [0.25, 0.3) is 0 Å². The summed E-state index contributed by atoms with van der Waals surface area (Å²) in [6.07, 6.45) is 5.42. The average molecular weight is 313 g/mol. The van der Waals surface area contributed by atoms with E-state index in [1.165, 1.54) is 18.3 Å². The largest absolute Gasteiger partial charge is 0.384 e.